The molecule has 1 saturated carbocycles. The number of hydrogen-bond donors (Lipinski definition) is 2. The first-order valence-electron chi connectivity index (χ1n) is 20.9. The maximum absolute atomic E-state index is 17.5. The van der Waals surface area contributed by atoms with Gasteiger partial charge in [-0.05, 0) is 71.1 Å². The average Bonchev–Trinajstić information content (AvgIpc) is 3.40. The number of piperazine rings is 1. The number of aromatic hydroxyl groups is 1. The summed E-state index contributed by atoms with van der Waals surface area (Å²) >= 11 is 0. The fourth-order valence-electron chi connectivity index (χ4n) is 11.6. The number of ether oxygens (including phenoxy) is 1. The lowest BCUT2D eigenvalue weighted by Gasteiger charge is -2.38. The highest BCUT2D eigenvalue weighted by Gasteiger charge is 2.77. The number of fused-ring (bicyclic) bond motifs is 5. The SMILES string of the molecule is CC(C)[Si](C#Cc1c(F)ccc2cc(O)cc(-c3ccc4c(N5CC6CCC(C5)N6)nc(OC[C@@]56C[C@@H](F)CN5C[C@]5(CC5(F)F)C6)nc4c3F)c12)(C(C)C)C(C)C. The van der Waals surface area contributed by atoms with Crippen molar-refractivity contribution >= 4 is 35.6 Å². The Hall–Kier alpha value is -3.99. The van der Waals surface area contributed by atoms with Crippen molar-refractivity contribution < 1.29 is 31.8 Å². The fourth-order valence-corrected chi connectivity index (χ4v) is 16.8. The number of aromatic nitrogens is 2. The standard InChI is InChI=1S/C45H52F5N5O2Si/c1-25(2)58(26(3)4,27(5)6)14-13-34-37(47)12-7-28-15-32(56)16-36(38(28)34)33-10-11-35-40(39(33)48)52-42(53-41(35)54-19-30-8-9-31(20-54)51-30)57-24-44-17-29(46)18-55(44)23-43(21-44)22-45(43,49)50/h7,10-12,15-16,25-27,29-31,51,56H,8-9,17-24H2,1-6H3/t29-,30?,31?,43-,44+/m1/s1. The van der Waals surface area contributed by atoms with Gasteiger partial charge >= 0.3 is 6.01 Å². The van der Waals surface area contributed by atoms with E-state index < -0.39 is 42.8 Å². The van der Waals surface area contributed by atoms with Gasteiger partial charge < -0.3 is 20.1 Å². The lowest BCUT2D eigenvalue weighted by molar-refractivity contribution is 0.0634. The molecule has 58 heavy (non-hydrogen) atoms. The molecule has 308 valence electrons. The number of phenols is 1. The van der Waals surface area contributed by atoms with E-state index in [2.05, 4.69) is 68.2 Å². The Morgan fingerprint density at radius 2 is 1.62 bits per heavy atom. The summed E-state index contributed by atoms with van der Waals surface area (Å²) in [6, 6.07) is 9.60. The number of halogens is 5. The second-order valence-electron chi connectivity index (χ2n) is 18.9. The van der Waals surface area contributed by atoms with E-state index in [1.807, 2.05) is 0 Å². The summed E-state index contributed by atoms with van der Waals surface area (Å²) in [6.45, 7) is 14.4. The first kappa shape index (κ1) is 39.5. The van der Waals surface area contributed by atoms with Crippen molar-refractivity contribution in [3.8, 4) is 34.4 Å². The van der Waals surface area contributed by atoms with Crippen LogP contribution in [0.1, 0.15) is 79.2 Å². The summed E-state index contributed by atoms with van der Waals surface area (Å²) in [5.41, 5.74) is 2.88. The highest BCUT2D eigenvalue weighted by atomic mass is 28.3. The largest absolute Gasteiger partial charge is 0.508 e. The topological polar surface area (TPSA) is 73.8 Å². The molecule has 5 aliphatic rings. The summed E-state index contributed by atoms with van der Waals surface area (Å²) in [5.74, 6) is -0.391. The lowest BCUT2D eigenvalue weighted by atomic mass is 9.88. The van der Waals surface area contributed by atoms with Crippen LogP contribution in [0.2, 0.25) is 16.6 Å². The molecule has 4 aromatic rings. The molecule has 1 aliphatic carbocycles. The van der Waals surface area contributed by atoms with Gasteiger partial charge in [-0.25, -0.2) is 22.0 Å². The van der Waals surface area contributed by atoms with E-state index in [0.717, 1.165) is 12.8 Å². The van der Waals surface area contributed by atoms with Gasteiger partial charge in [0.25, 0.3) is 5.92 Å². The third kappa shape index (κ3) is 6.18. The Morgan fingerprint density at radius 3 is 2.28 bits per heavy atom. The quantitative estimate of drug-likeness (QED) is 0.104. The Morgan fingerprint density at radius 1 is 0.931 bits per heavy atom. The average molecular weight is 818 g/mol. The third-order valence-corrected chi connectivity index (χ3v) is 20.7. The van der Waals surface area contributed by atoms with Gasteiger partial charge in [-0.1, -0.05) is 59.6 Å². The minimum Gasteiger partial charge on any atom is -0.508 e. The summed E-state index contributed by atoms with van der Waals surface area (Å²) in [5, 5.41) is 16.0. The number of nitrogens with one attached hydrogen (secondary N) is 1. The molecule has 1 aromatic heterocycles. The monoisotopic (exact) mass is 817 g/mol. The van der Waals surface area contributed by atoms with Gasteiger partial charge in [-0.3, -0.25) is 4.90 Å². The molecule has 0 radical (unpaired) electrons. The van der Waals surface area contributed by atoms with Crippen LogP contribution in [0.15, 0.2) is 36.4 Å². The van der Waals surface area contributed by atoms with E-state index in [-0.39, 0.29) is 85.0 Å². The van der Waals surface area contributed by atoms with Crippen molar-refractivity contribution in [1.82, 2.24) is 20.2 Å². The molecular weight excluding hydrogens is 766 g/mol. The van der Waals surface area contributed by atoms with Crippen molar-refractivity contribution in [2.24, 2.45) is 5.41 Å². The Labute approximate surface area is 337 Å². The number of anilines is 1. The van der Waals surface area contributed by atoms with Gasteiger partial charge in [0.2, 0.25) is 0 Å². The first-order valence-corrected chi connectivity index (χ1v) is 23.1. The predicted molar refractivity (Wildman–Crippen MR) is 220 cm³/mol. The van der Waals surface area contributed by atoms with Crippen molar-refractivity contribution in [2.75, 3.05) is 37.7 Å². The van der Waals surface area contributed by atoms with Crippen LogP contribution in [0.4, 0.5) is 27.8 Å². The van der Waals surface area contributed by atoms with Crippen molar-refractivity contribution in [2.45, 2.75) is 120 Å². The van der Waals surface area contributed by atoms with Crippen LogP contribution >= 0.6 is 0 Å². The molecular formula is C45H52F5N5O2Si. The maximum atomic E-state index is 17.5. The van der Waals surface area contributed by atoms with Gasteiger partial charge in [0.05, 0.1) is 16.5 Å². The van der Waals surface area contributed by atoms with E-state index in [0.29, 0.717) is 51.7 Å². The number of benzene rings is 3. The Kier molecular flexibility index (Phi) is 9.38. The van der Waals surface area contributed by atoms with E-state index in [1.54, 1.807) is 23.1 Å². The molecule has 2 unspecified atom stereocenters. The van der Waals surface area contributed by atoms with Crippen LogP contribution in [-0.4, -0.2) is 90.6 Å². The van der Waals surface area contributed by atoms with E-state index in [1.165, 1.54) is 18.2 Å². The zero-order chi connectivity index (χ0) is 41.1. The van der Waals surface area contributed by atoms with Crippen molar-refractivity contribution in [1.29, 1.82) is 0 Å². The maximum Gasteiger partial charge on any atom is 0.319 e. The van der Waals surface area contributed by atoms with Crippen LogP contribution < -0.4 is 15.0 Å². The second-order valence-corrected chi connectivity index (χ2v) is 24.5. The van der Waals surface area contributed by atoms with Gasteiger partial charge in [-0.2, -0.15) is 9.97 Å². The minimum atomic E-state index is -2.79. The van der Waals surface area contributed by atoms with Crippen molar-refractivity contribution in [3.05, 3.63) is 53.6 Å². The minimum absolute atomic E-state index is 0.0319. The van der Waals surface area contributed by atoms with Gasteiger partial charge in [0, 0.05) is 67.4 Å². The predicted octanol–water partition coefficient (Wildman–Crippen LogP) is 9.53. The van der Waals surface area contributed by atoms with E-state index in [9.17, 15) is 18.3 Å². The zero-order valence-electron chi connectivity index (χ0n) is 34.0. The molecule has 7 nitrogen and oxygen atoms in total. The second kappa shape index (κ2) is 13.8. The van der Waals surface area contributed by atoms with E-state index >= 15 is 8.78 Å². The number of phenolic OH excluding ortho intramolecular Hbond substituents is 1. The molecule has 5 atom stereocenters. The van der Waals surface area contributed by atoms with Gasteiger partial charge in [0.15, 0.2) is 5.82 Å². The lowest BCUT2D eigenvalue weighted by Crippen LogP contribution is -2.51. The highest BCUT2D eigenvalue weighted by molar-refractivity contribution is 6.90. The van der Waals surface area contributed by atoms with E-state index in [4.69, 9.17) is 9.72 Å². The number of nitrogens with zero attached hydrogens (tertiary/aromatic N) is 4. The van der Waals surface area contributed by atoms with Crippen molar-refractivity contribution in [3.63, 3.8) is 0 Å². The molecule has 2 bridgehead atoms. The summed E-state index contributed by atoms with van der Waals surface area (Å²) in [7, 11) is -2.30. The zero-order valence-corrected chi connectivity index (χ0v) is 35.0. The molecule has 0 amide bonds. The summed E-state index contributed by atoms with van der Waals surface area (Å²) < 4.78 is 84.1. The van der Waals surface area contributed by atoms with Crippen LogP contribution in [0.3, 0.4) is 0 Å². The summed E-state index contributed by atoms with van der Waals surface area (Å²) in [6.07, 6.45) is 0.781. The smallest absolute Gasteiger partial charge is 0.319 e. The molecule has 5 heterocycles. The van der Waals surface area contributed by atoms with Crippen LogP contribution in [0.25, 0.3) is 32.8 Å². The molecule has 4 saturated heterocycles. The number of rotatable bonds is 8. The Balaban J connectivity index is 1.18. The van der Waals surface area contributed by atoms with Gasteiger partial charge in [-0.15, -0.1) is 5.54 Å². The molecule has 2 N–H and O–H groups in total. The normalized spacial score (nSPS) is 27.7. The molecule has 3 aromatic carbocycles. The molecule has 1 spiro atoms. The Bertz CT molecular complexity index is 2350. The molecule has 13 heteroatoms. The number of alkyl halides is 3. The number of hydrogen-bond acceptors (Lipinski definition) is 7. The third-order valence-electron chi connectivity index (χ3n) is 14.4. The fraction of sp³-hybridized carbons (Fsp3) is 0.556. The van der Waals surface area contributed by atoms with Crippen LogP contribution in [-0.2, 0) is 0 Å². The molecule has 4 aliphatic heterocycles. The van der Waals surface area contributed by atoms with Crippen LogP contribution in [0.5, 0.6) is 11.8 Å². The first-order chi connectivity index (χ1) is 27.5. The molecule has 5 fully saturated rings. The molecule has 9 rings (SSSR count). The van der Waals surface area contributed by atoms with Crippen LogP contribution in [0, 0.1) is 28.5 Å². The summed E-state index contributed by atoms with van der Waals surface area (Å²) in [4.78, 5) is 13.4. The van der Waals surface area contributed by atoms with Gasteiger partial charge in [0.1, 0.15) is 43.8 Å². The highest BCUT2D eigenvalue weighted by Crippen LogP contribution is 2.69.